The summed E-state index contributed by atoms with van der Waals surface area (Å²) in [5.41, 5.74) is 1.86. The van der Waals surface area contributed by atoms with Crippen LogP contribution in [0.4, 0.5) is 0 Å². The van der Waals surface area contributed by atoms with E-state index in [4.69, 9.17) is 11.6 Å². The Labute approximate surface area is 110 Å². The number of hydrogen-bond donors (Lipinski definition) is 1. The molecule has 2 heteroatoms. The molecule has 0 aliphatic heterocycles. The zero-order chi connectivity index (χ0) is 12.5. The third kappa shape index (κ3) is 3.46. The van der Waals surface area contributed by atoms with E-state index < -0.39 is 0 Å². The second kappa shape index (κ2) is 4.99. The van der Waals surface area contributed by atoms with Crippen LogP contribution in [0.1, 0.15) is 39.2 Å². The van der Waals surface area contributed by atoms with Crippen LogP contribution in [0, 0.1) is 5.41 Å². The molecule has 1 aliphatic carbocycles. The summed E-state index contributed by atoms with van der Waals surface area (Å²) in [6, 6.07) is 9.27. The first-order chi connectivity index (χ1) is 7.99. The monoisotopic (exact) mass is 251 g/mol. The van der Waals surface area contributed by atoms with Gasteiger partial charge in [-0.05, 0) is 56.2 Å². The number of benzene rings is 1. The smallest absolute Gasteiger partial charge is 0.0408 e. The van der Waals surface area contributed by atoms with Crippen molar-refractivity contribution in [2.75, 3.05) is 0 Å². The second-order valence-corrected chi connectivity index (χ2v) is 6.21. The lowest BCUT2D eigenvalue weighted by molar-refractivity contribution is 0.346. The van der Waals surface area contributed by atoms with Crippen LogP contribution in [0.5, 0.6) is 0 Å². The molecular formula is C15H22ClN. The normalized spacial score (nSPS) is 20.9. The molecule has 0 radical (unpaired) electrons. The lowest BCUT2D eigenvalue weighted by Crippen LogP contribution is -2.40. The Morgan fingerprint density at radius 1 is 1.35 bits per heavy atom. The van der Waals surface area contributed by atoms with Crippen LogP contribution in [-0.2, 0) is 6.42 Å². The zero-order valence-corrected chi connectivity index (χ0v) is 11.7. The fraction of sp³-hybridized carbons (Fsp3) is 0.600. The van der Waals surface area contributed by atoms with E-state index >= 15 is 0 Å². The van der Waals surface area contributed by atoms with Gasteiger partial charge in [0.15, 0.2) is 0 Å². The summed E-state index contributed by atoms with van der Waals surface area (Å²) in [6.07, 6.45) is 3.77. The Kier molecular flexibility index (Phi) is 3.79. The van der Waals surface area contributed by atoms with E-state index in [9.17, 15) is 0 Å². The summed E-state index contributed by atoms with van der Waals surface area (Å²) in [6.45, 7) is 6.93. The maximum absolute atomic E-state index is 6.00. The second-order valence-electron chi connectivity index (χ2n) is 5.78. The Hall–Kier alpha value is -0.530. The number of nitrogens with one attached hydrogen (secondary N) is 1. The molecule has 0 spiro atoms. The van der Waals surface area contributed by atoms with Gasteiger partial charge in [0.25, 0.3) is 0 Å². The molecule has 1 nitrogen and oxygen atoms in total. The van der Waals surface area contributed by atoms with Crippen molar-refractivity contribution in [2.24, 2.45) is 5.41 Å². The Morgan fingerprint density at radius 2 is 2.06 bits per heavy atom. The molecular weight excluding hydrogens is 230 g/mol. The van der Waals surface area contributed by atoms with Gasteiger partial charge in [0, 0.05) is 17.1 Å². The molecule has 0 bridgehead atoms. The number of hydrogen-bond acceptors (Lipinski definition) is 1. The lowest BCUT2D eigenvalue weighted by Gasteiger charge is -2.25. The molecule has 2 rings (SSSR count). The topological polar surface area (TPSA) is 12.0 Å². The molecule has 17 heavy (non-hydrogen) atoms. The van der Waals surface area contributed by atoms with Gasteiger partial charge in [-0.2, -0.15) is 0 Å². The summed E-state index contributed by atoms with van der Waals surface area (Å²) < 4.78 is 0. The van der Waals surface area contributed by atoms with Crippen LogP contribution in [0.3, 0.4) is 0 Å². The van der Waals surface area contributed by atoms with E-state index in [1.54, 1.807) is 0 Å². The number of rotatable bonds is 5. The first-order valence-electron chi connectivity index (χ1n) is 6.50. The highest BCUT2D eigenvalue weighted by molar-refractivity contribution is 6.30. The van der Waals surface area contributed by atoms with Crippen molar-refractivity contribution < 1.29 is 0 Å². The molecule has 1 fully saturated rings. The standard InChI is InChI=1S/C15H22ClN/c1-11(17-12(2)15(3)7-8-15)9-13-5-4-6-14(16)10-13/h4-6,10-12,17H,7-9H2,1-3H3. The molecule has 0 heterocycles. The molecule has 0 saturated heterocycles. The Balaban J connectivity index is 1.86. The molecule has 1 aliphatic rings. The van der Waals surface area contributed by atoms with Crippen molar-refractivity contribution in [2.45, 2.75) is 52.1 Å². The van der Waals surface area contributed by atoms with Crippen LogP contribution >= 0.6 is 11.6 Å². The molecule has 94 valence electrons. The minimum Gasteiger partial charge on any atom is -0.311 e. The van der Waals surface area contributed by atoms with E-state index in [-0.39, 0.29) is 0 Å². The van der Waals surface area contributed by atoms with E-state index in [1.165, 1.54) is 18.4 Å². The zero-order valence-electron chi connectivity index (χ0n) is 11.0. The fourth-order valence-electron chi connectivity index (χ4n) is 2.33. The Morgan fingerprint density at radius 3 is 2.65 bits per heavy atom. The van der Waals surface area contributed by atoms with Crippen LogP contribution < -0.4 is 5.32 Å². The molecule has 1 N–H and O–H groups in total. The molecule has 2 unspecified atom stereocenters. The minimum atomic E-state index is 0.501. The summed E-state index contributed by atoms with van der Waals surface area (Å²) in [5, 5.41) is 4.54. The maximum Gasteiger partial charge on any atom is 0.0408 e. The fourth-order valence-corrected chi connectivity index (χ4v) is 2.55. The summed E-state index contributed by atoms with van der Waals surface area (Å²) in [7, 11) is 0. The van der Waals surface area contributed by atoms with Crippen molar-refractivity contribution in [1.82, 2.24) is 5.32 Å². The largest absolute Gasteiger partial charge is 0.311 e. The van der Waals surface area contributed by atoms with E-state index in [1.807, 2.05) is 12.1 Å². The van der Waals surface area contributed by atoms with Gasteiger partial charge in [0.1, 0.15) is 0 Å². The molecule has 1 aromatic carbocycles. The van der Waals surface area contributed by atoms with Gasteiger partial charge >= 0.3 is 0 Å². The third-order valence-corrected chi connectivity index (χ3v) is 4.28. The SMILES string of the molecule is CC(Cc1cccc(Cl)c1)NC(C)C1(C)CC1. The Bertz CT molecular complexity index is 384. The van der Waals surface area contributed by atoms with Gasteiger partial charge in [-0.25, -0.2) is 0 Å². The average Bonchev–Trinajstić information content (AvgIpc) is 2.97. The van der Waals surface area contributed by atoms with Gasteiger partial charge in [-0.3, -0.25) is 0 Å². The van der Waals surface area contributed by atoms with Crippen LogP contribution in [0.2, 0.25) is 5.02 Å². The van der Waals surface area contributed by atoms with E-state index in [2.05, 4.69) is 38.2 Å². The van der Waals surface area contributed by atoms with Crippen molar-refractivity contribution in [3.63, 3.8) is 0 Å². The summed E-state index contributed by atoms with van der Waals surface area (Å²) in [5.74, 6) is 0. The van der Waals surface area contributed by atoms with Crippen molar-refractivity contribution in [3.8, 4) is 0 Å². The highest BCUT2D eigenvalue weighted by atomic mass is 35.5. The van der Waals surface area contributed by atoms with Crippen molar-refractivity contribution in [1.29, 1.82) is 0 Å². The highest BCUT2D eigenvalue weighted by Crippen LogP contribution is 2.48. The van der Waals surface area contributed by atoms with Gasteiger partial charge < -0.3 is 5.32 Å². The summed E-state index contributed by atoms with van der Waals surface area (Å²) in [4.78, 5) is 0. The van der Waals surface area contributed by atoms with Gasteiger partial charge in [0.2, 0.25) is 0 Å². The maximum atomic E-state index is 6.00. The molecule has 0 amide bonds. The van der Waals surface area contributed by atoms with Crippen LogP contribution in [-0.4, -0.2) is 12.1 Å². The first kappa shape index (κ1) is 12.9. The van der Waals surface area contributed by atoms with Gasteiger partial charge in [-0.1, -0.05) is 30.7 Å². The van der Waals surface area contributed by atoms with Gasteiger partial charge in [-0.15, -0.1) is 0 Å². The molecule has 2 atom stereocenters. The number of halogens is 1. The first-order valence-corrected chi connectivity index (χ1v) is 6.88. The molecule has 0 aromatic heterocycles. The predicted molar refractivity (Wildman–Crippen MR) is 74.6 cm³/mol. The van der Waals surface area contributed by atoms with Crippen LogP contribution in [0.25, 0.3) is 0 Å². The van der Waals surface area contributed by atoms with E-state index in [0.29, 0.717) is 17.5 Å². The predicted octanol–water partition coefficient (Wildman–Crippen LogP) is 4.05. The summed E-state index contributed by atoms with van der Waals surface area (Å²) >= 11 is 6.00. The van der Waals surface area contributed by atoms with Crippen LogP contribution in [0.15, 0.2) is 24.3 Å². The van der Waals surface area contributed by atoms with Crippen molar-refractivity contribution in [3.05, 3.63) is 34.9 Å². The average molecular weight is 252 g/mol. The minimum absolute atomic E-state index is 0.501. The molecule has 1 saturated carbocycles. The van der Waals surface area contributed by atoms with E-state index in [0.717, 1.165) is 11.4 Å². The highest BCUT2D eigenvalue weighted by Gasteiger charge is 2.42. The third-order valence-electron chi connectivity index (χ3n) is 4.05. The molecule has 1 aromatic rings. The lowest BCUT2D eigenvalue weighted by atomic mass is 9.98. The van der Waals surface area contributed by atoms with Crippen molar-refractivity contribution >= 4 is 11.6 Å². The quantitative estimate of drug-likeness (QED) is 0.833. The van der Waals surface area contributed by atoms with Gasteiger partial charge in [0.05, 0.1) is 0 Å².